The van der Waals surface area contributed by atoms with Crippen LogP contribution >= 0.6 is 0 Å². The Morgan fingerprint density at radius 2 is 2.06 bits per heavy atom. The van der Waals surface area contributed by atoms with Gasteiger partial charge in [-0.05, 0) is 19.8 Å². The van der Waals surface area contributed by atoms with Gasteiger partial charge in [0, 0.05) is 13.2 Å². The Hall–Kier alpha value is -0.940. The first-order valence-electron chi connectivity index (χ1n) is 5.91. The molecule has 5 nitrogen and oxygen atoms in total. The van der Waals surface area contributed by atoms with Gasteiger partial charge in [-0.25, -0.2) is 0 Å². The van der Waals surface area contributed by atoms with Gasteiger partial charge in [0.25, 0.3) is 0 Å². The third-order valence-electron chi connectivity index (χ3n) is 2.61. The maximum Gasteiger partial charge on any atom is 0.231 e. The van der Waals surface area contributed by atoms with Crippen molar-refractivity contribution in [2.24, 2.45) is 5.73 Å². The highest BCUT2D eigenvalue weighted by atomic mass is 16.5. The van der Waals surface area contributed by atoms with Crippen LogP contribution in [0.4, 0.5) is 0 Å². The SMILES string of the molecule is CCOC(CC)c1noc(C(CC)CN)n1. The van der Waals surface area contributed by atoms with Crippen LogP contribution in [-0.2, 0) is 4.74 Å². The summed E-state index contributed by atoms with van der Waals surface area (Å²) >= 11 is 0. The molecule has 0 aliphatic heterocycles. The van der Waals surface area contributed by atoms with Crippen molar-refractivity contribution in [1.82, 2.24) is 10.1 Å². The van der Waals surface area contributed by atoms with Crippen LogP contribution in [0.1, 0.15) is 57.3 Å². The summed E-state index contributed by atoms with van der Waals surface area (Å²) in [6, 6.07) is 0. The average Bonchev–Trinajstić information content (AvgIpc) is 2.77. The minimum atomic E-state index is -0.0715. The molecule has 2 atom stereocenters. The zero-order valence-corrected chi connectivity index (χ0v) is 10.3. The van der Waals surface area contributed by atoms with Crippen molar-refractivity contribution in [3.05, 3.63) is 11.7 Å². The monoisotopic (exact) mass is 227 g/mol. The van der Waals surface area contributed by atoms with Gasteiger partial charge in [-0.15, -0.1) is 0 Å². The third kappa shape index (κ3) is 3.02. The molecule has 2 unspecified atom stereocenters. The van der Waals surface area contributed by atoms with E-state index in [9.17, 15) is 0 Å². The van der Waals surface area contributed by atoms with E-state index >= 15 is 0 Å². The lowest BCUT2D eigenvalue weighted by molar-refractivity contribution is 0.0518. The predicted molar refractivity (Wildman–Crippen MR) is 61.0 cm³/mol. The summed E-state index contributed by atoms with van der Waals surface area (Å²) in [6.07, 6.45) is 1.67. The molecule has 0 aromatic carbocycles. The Morgan fingerprint density at radius 3 is 2.56 bits per heavy atom. The number of aromatic nitrogens is 2. The molecule has 0 amide bonds. The maximum absolute atomic E-state index is 5.63. The van der Waals surface area contributed by atoms with Crippen molar-refractivity contribution in [2.45, 2.75) is 45.6 Å². The standard InChI is InChI=1S/C11H21N3O2/c1-4-8(7-12)11-13-10(14-16-11)9(5-2)15-6-3/h8-9H,4-7,12H2,1-3H3. The van der Waals surface area contributed by atoms with Gasteiger partial charge in [-0.1, -0.05) is 19.0 Å². The molecule has 0 aliphatic rings. The summed E-state index contributed by atoms with van der Waals surface area (Å²) in [7, 11) is 0. The Kier molecular flexibility index (Phi) is 5.42. The third-order valence-corrected chi connectivity index (χ3v) is 2.61. The summed E-state index contributed by atoms with van der Waals surface area (Å²) in [6.45, 7) is 7.23. The van der Waals surface area contributed by atoms with Gasteiger partial charge < -0.3 is 15.0 Å². The van der Waals surface area contributed by atoms with E-state index in [1.54, 1.807) is 0 Å². The fourth-order valence-corrected chi connectivity index (χ4v) is 1.56. The quantitative estimate of drug-likeness (QED) is 0.771. The second kappa shape index (κ2) is 6.60. The molecule has 0 spiro atoms. The fourth-order valence-electron chi connectivity index (χ4n) is 1.56. The first-order chi connectivity index (χ1) is 7.76. The van der Waals surface area contributed by atoms with E-state index in [1.807, 2.05) is 13.8 Å². The first kappa shape index (κ1) is 13.1. The lowest BCUT2D eigenvalue weighted by Gasteiger charge is -2.09. The van der Waals surface area contributed by atoms with Crippen LogP contribution in [0.15, 0.2) is 4.52 Å². The average molecular weight is 227 g/mol. The molecule has 1 rings (SSSR count). The van der Waals surface area contributed by atoms with Crippen LogP contribution < -0.4 is 5.73 Å². The Labute approximate surface area is 96.4 Å². The lowest BCUT2D eigenvalue weighted by atomic mass is 10.1. The van der Waals surface area contributed by atoms with Crippen LogP contribution in [-0.4, -0.2) is 23.3 Å². The molecule has 92 valence electrons. The second-order valence-electron chi connectivity index (χ2n) is 3.68. The van der Waals surface area contributed by atoms with Gasteiger partial charge in [0.2, 0.25) is 11.7 Å². The fraction of sp³-hybridized carbons (Fsp3) is 0.818. The summed E-state index contributed by atoms with van der Waals surface area (Å²) in [4.78, 5) is 4.36. The molecule has 0 radical (unpaired) electrons. The molecule has 5 heteroatoms. The number of rotatable bonds is 7. The Bertz CT molecular complexity index is 297. The highest BCUT2D eigenvalue weighted by Crippen LogP contribution is 2.21. The zero-order valence-electron chi connectivity index (χ0n) is 10.3. The van der Waals surface area contributed by atoms with Crippen molar-refractivity contribution in [3.63, 3.8) is 0 Å². The van der Waals surface area contributed by atoms with Gasteiger partial charge in [-0.2, -0.15) is 4.98 Å². The van der Waals surface area contributed by atoms with E-state index in [-0.39, 0.29) is 12.0 Å². The first-order valence-corrected chi connectivity index (χ1v) is 5.91. The highest BCUT2D eigenvalue weighted by molar-refractivity contribution is 4.96. The van der Waals surface area contributed by atoms with Crippen LogP contribution in [0.25, 0.3) is 0 Å². The minimum absolute atomic E-state index is 0.0715. The summed E-state index contributed by atoms with van der Waals surface area (Å²) in [5, 5.41) is 3.96. The Morgan fingerprint density at radius 1 is 1.31 bits per heavy atom. The highest BCUT2D eigenvalue weighted by Gasteiger charge is 2.20. The Balaban J connectivity index is 2.75. The molecule has 0 fully saturated rings. The molecule has 0 aliphatic carbocycles. The summed E-state index contributed by atoms with van der Waals surface area (Å²) < 4.78 is 10.7. The smallest absolute Gasteiger partial charge is 0.231 e. The number of hydrogen-bond donors (Lipinski definition) is 1. The number of nitrogens with two attached hydrogens (primary N) is 1. The van der Waals surface area contributed by atoms with Gasteiger partial charge in [0.05, 0.1) is 5.92 Å². The molecule has 0 saturated heterocycles. The minimum Gasteiger partial charge on any atom is -0.370 e. The van der Waals surface area contributed by atoms with Crippen molar-refractivity contribution < 1.29 is 9.26 Å². The molecule has 1 heterocycles. The molecule has 0 bridgehead atoms. The van der Waals surface area contributed by atoms with Crippen LogP contribution in [0.3, 0.4) is 0 Å². The van der Waals surface area contributed by atoms with E-state index in [2.05, 4.69) is 17.1 Å². The van der Waals surface area contributed by atoms with E-state index in [0.717, 1.165) is 12.8 Å². The van der Waals surface area contributed by atoms with Crippen molar-refractivity contribution >= 4 is 0 Å². The maximum atomic E-state index is 5.63. The number of nitrogens with zero attached hydrogens (tertiary/aromatic N) is 2. The van der Waals surface area contributed by atoms with Crippen molar-refractivity contribution in [3.8, 4) is 0 Å². The van der Waals surface area contributed by atoms with Crippen LogP contribution in [0.2, 0.25) is 0 Å². The number of hydrogen-bond acceptors (Lipinski definition) is 5. The normalized spacial score (nSPS) is 15.0. The molecule has 16 heavy (non-hydrogen) atoms. The topological polar surface area (TPSA) is 74.2 Å². The van der Waals surface area contributed by atoms with Gasteiger partial charge in [0.15, 0.2) is 0 Å². The molecule has 0 saturated carbocycles. The van der Waals surface area contributed by atoms with Gasteiger partial charge in [0.1, 0.15) is 6.10 Å². The van der Waals surface area contributed by atoms with E-state index in [0.29, 0.717) is 24.9 Å². The van der Waals surface area contributed by atoms with Crippen LogP contribution in [0.5, 0.6) is 0 Å². The molecule has 1 aromatic rings. The van der Waals surface area contributed by atoms with E-state index < -0.39 is 0 Å². The molecular formula is C11H21N3O2. The summed E-state index contributed by atoms with van der Waals surface area (Å²) in [5.41, 5.74) is 5.63. The van der Waals surface area contributed by atoms with Gasteiger partial charge in [-0.3, -0.25) is 0 Å². The molecular weight excluding hydrogens is 206 g/mol. The van der Waals surface area contributed by atoms with Crippen molar-refractivity contribution in [2.75, 3.05) is 13.2 Å². The largest absolute Gasteiger partial charge is 0.370 e. The van der Waals surface area contributed by atoms with Crippen LogP contribution in [0, 0.1) is 0 Å². The van der Waals surface area contributed by atoms with E-state index in [4.69, 9.17) is 15.0 Å². The van der Waals surface area contributed by atoms with Gasteiger partial charge >= 0.3 is 0 Å². The predicted octanol–water partition coefficient (Wildman–Crippen LogP) is 2.01. The number of ether oxygens (including phenoxy) is 1. The van der Waals surface area contributed by atoms with E-state index in [1.165, 1.54) is 0 Å². The molecule has 1 aromatic heterocycles. The van der Waals surface area contributed by atoms with Crippen molar-refractivity contribution in [1.29, 1.82) is 0 Å². The molecule has 2 N–H and O–H groups in total. The second-order valence-corrected chi connectivity index (χ2v) is 3.68. The summed E-state index contributed by atoms with van der Waals surface area (Å²) in [5.74, 6) is 1.41. The zero-order chi connectivity index (χ0) is 12.0. The lowest BCUT2D eigenvalue weighted by Crippen LogP contribution is -2.12.